The third kappa shape index (κ3) is 6.10. The Hall–Kier alpha value is -3.04. The van der Waals surface area contributed by atoms with Crippen molar-refractivity contribution in [2.45, 2.75) is 52.2 Å². The third-order valence-corrected chi connectivity index (χ3v) is 7.29. The van der Waals surface area contributed by atoms with Crippen LogP contribution < -0.4 is 5.46 Å². The molecule has 1 saturated heterocycles. The summed E-state index contributed by atoms with van der Waals surface area (Å²) in [5, 5.41) is 0. The van der Waals surface area contributed by atoms with E-state index in [0.717, 1.165) is 35.1 Å². The largest absolute Gasteiger partial charge is 0.494 e. The van der Waals surface area contributed by atoms with E-state index in [1.807, 2.05) is 20.2 Å². The standard InChI is InChI=1S/C32H38BNO3/c1-8-29(24-12-10-9-11-13-24)30(26-16-20-28(21-17-26)35-23-22-34(6)7)25-14-18-27(19-15-25)33-36-31(2,3)32(4,5)37-33/h9-16,18-20H,8,22-23H2,1-7H3. The first kappa shape index (κ1) is 27.0. The predicted octanol–water partition coefficient (Wildman–Crippen LogP) is 6.02. The molecule has 192 valence electrons. The zero-order valence-electron chi connectivity index (χ0n) is 23.2. The van der Waals surface area contributed by atoms with Gasteiger partial charge in [-0.15, -0.1) is 0 Å². The first-order chi connectivity index (χ1) is 17.6. The molecule has 0 saturated carbocycles. The Kier molecular flexibility index (Phi) is 8.14. The van der Waals surface area contributed by atoms with Gasteiger partial charge in [0.1, 0.15) is 6.61 Å². The Morgan fingerprint density at radius 2 is 1.51 bits per heavy atom. The Morgan fingerprint density at radius 1 is 0.865 bits per heavy atom. The van der Waals surface area contributed by atoms with Crippen molar-refractivity contribution in [2.24, 2.45) is 0 Å². The van der Waals surface area contributed by atoms with Crippen LogP contribution in [-0.2, 0) is 14.0 Å². The maximum absolute atomic E-state index is 6.27. The van der Waals surface area contributed by atoms with E-state index < -0.39 is 0 Å². The first-order valence-electron chi connectivity index (χ1n) is 13.1. The number of nitrogens with zero attached hydrogens (tertiary/aromatic N) is 1. The molecule has 0 radical (unpaired) electrons. The molecular formula is C32H38BNO3. The van der Waals surface area contributed by atoms with Gasteiger partial charge in [-0.2, -0.15) is 0 Å². The van der Waals surface area contributed by atoms with Crippen molar-refractivity contribution in [2.75, 3.05) is 27.2 Å². The minimum Gasteiger partial charge on any atom is -0.484 e. The van der Waals surface area contributed by atoms with Crippen molar-refractivity contribution in [3.8, 4) is 0 Å². The summed E-state index contributed by atoms with van der Waals surface area (Å²) < 4.78 is 18.4. The summed E-state index contributed by atoms with van der Waals surface area (Å²) in [7, 11) is 3.69. The fourth-order valence-electron chi connectivity index (χ4n) is 4.38. The number of allylic oxidation sites excluding steroid dienone is 5. The maximum atomic E-state index is 6.27. The highest BCUT2D eigenvalue weighted by Gasteiger charge is 2.51. The van der Waals surface area contributed by atoms with Gasteiger partial charge in [-0.25, -0.2) is 0 Å². The summed E-state index contributed by atoms with van der Waals surface area (Å²) in [5.41, 5.74) is 12.6. The Morgan fingerprint density at radius 3 is 2.05 bits per heavy atom. The molecule has 0 amide bonds. The van der Waals surface area contributed by atoms with Gasteiger partial charge in [0, 0.05) is 17.7 Å². The third-order valence-electron chi connectivity index (χ3n) is 7.29. The number of benzene rings is 2. The number of hydrogen-bond donors (Lipinski definition) is 0. The van der Waals surface area contributed by atoms with Crippen LogP contribution in [0.5, 0.6) is 0 Å². The molecule has 0 bridgehead atoms. The minimum absolute atomic E-state index is 0.370. The van der Waals surface area contributed by atoms with E-state index in [0.29, 0.717) is 12.4 Å². The van der Waals surface area contributed by atoms with E-state index in [1.54, 1.807) is 0 Å². The predicted molar refractivity (Wildman–Crippen MR) is 153 cm³/mol. The monoisotopic (exact) mass is 495 g/mol. The zero-order valence-corrected chi connectivity index (χ0v) is 23.2. The zero-order chi connectivity index (χ0) is 26.6. The summed E-state index contributed by atoms with van der Waals surface area (Å²) in [6.45, 7) is 12.0. The molecule has 1 aliphatic carbocycles. The number of ether oxygens (including phenoxy) is 1. The molecule has 1 aliphatic heterocycles. The summed E-state index contributed by atoms with van der Waals surface area (Å²) in [5.74, 6) is 0.707. The number of likely N-dealkylation sites (N-methyl/N-ethyl adjacent to an activating group) is 1. The fourth-order valence-corrected chi connectivity index (χ4v) is 4.38. The Balaban J connectivity index is 1.73. The second-order valence-electron chi connectivity index (χ2n) is 10.8. The summed E-state index contributed by atoms with van der Waals surface area (Å²) in [6, 6.07) is 19.1. The van der Waals surface area contributed by atoms with Crippen molar-refractivity contribution in [1.29, 1.82) is 0 Å². The lowest BCUT2D eigenvalue weighted by Crippen LogP contribution is -2.41. The minimum atomic E-state index is -0.384. The first-order valence-corrected chi connectivity index (χ1v) is 13.1. The van der Waals surface area contributed by atoms with Crippen LogP contribution in [0.1, 0.15) is 52.2 Å². The van der Waals surface area contributed by atoms with Crippen LogP contribution in [-0.4, -0.2) is 50.5 Å². The molecule has 2 aromatic carbocycles. The van der Waals surface area contributed by atoms with Gasteiger partial charge in [0.2, 0.25) is 0 Å². The molecule has 0 aromatic heterocycles. The van der Waals surface area contributed by atoms with Gasteiger partial charge in [-0.3, -0.25) is 0 Å². The fraction of sp³-hybridized carbons (Fsp3) is 0.375. The molecule has 2 aliphatic rings. The summed E-state index contributed by atoms with van der Waals surface area (Å²) >= 11 is 0. The molecule has 1 fully saturated rings. The lowest BCUT2D eigenvalue weighted by Gasteiger charge is -2.32. The topological polar surface area (TPSA) is 30.9 Å². The van der Waals surface area contributed by atoms with Crippen LogP contribution >= 0.6 is 0 Å². The number of hydrogen-bond acceptors (Lipinski definition) is 4. The van der Waals surface area contributed by atoms with Crippen LogP contribution in [0.15, 0.2) is 89.5 Å². The summed E-state index contributed by atoms with van der Waals surface area (Å²) in [6.07, 6.45) is 4.95. The average molecular weight is 495 g/mol. The average Bonchev–Trinajstić information content (AvgIpc) is 3.10. The van der Waals surface area contributed by atoms with E-state index in [4.69, 9.17) is 14.0 Å². The van der Waals surface area contributed by atoms with E-state index in [2.05, 4.69) is 112 Å². The van der Waals surface area contributed by atoms with Crippen molar-refractivity contribution >= 4 is 23.7 Å². The molecule has 1 heterocycles. The summed E-state index contributed by atoms with van der Waals surface area (Å²) in [4.78, 5) is 2.10. The second-order valence-corrected chi connectivity index (χ2v) is 10.8. The van der Waals surface area contributed by atoms with Crippen LogP contribution in [0.25, 0.3) is 11.1 Å². The van der Waals surface area contributed by atoms with Crippen molar-refractivity contribution in [3.05, 3.63) is 101 Å². The van der Waals surface area contributed by atoms with E-state index in [-0.39, 0.29) is 18.3 Å². The van der Waals surface area contributed by atoms with Crippen molar-refractivity contribution in [3.63, 3.8) is 0 Å². The molecule has 4 nitrogen and oxygen atoms in total. The van der Waals surface area contributed by atoms with Crippen molar-refractivity contribution in [1.82, 2.24) is 4.90 Å². The van der Waals surface area contributed by atoms with Gasteiger partial charge < -0.3 is 18.9 Å². The second kappa shape index (κ2) is 11.1. The molecule has 4 rings (SSSR count). The molecule has 0 unspecified atom stereocenters. The van der Waals surface area contributed by atoms with Gasteiger partial charge in [0.05, 0.1) is 11.2 Å². The van der Waals surface area contributed by atoms with E-state index >= 15 is 0 Å². The highest BCUT2D eigenvalue weighted by atomic mass is 16.7. The van der Waals surface area contributed by atoms with E-state index in [1.165, 1.54) is 11.1 Å². The van der Waals surface area contributed by atoms with Gasteiger partial charge >= 0.3 is 7.12 Å². The molecule has 0 N–H and O–H groups in total. The molecule has 0 atom stereocenters. The Labute approximate surface area is 222 Å². The van der Waals surface area contributed by atoms with Gasteiger partial charge in [-0.05, 0) is 88.3 Å². The van der Waals surface area contributed by atoms with Crippen molar-refractivity contribution < 1.29 is 14.0 Å². The highest BCUT2D eigenvalue weighted by Crippen LogP contribution is 2.38. The van der Waals surface area contributed by atoms with E-state index in [9.17, 15) is 0 Å². The molecule has 37 heavy (non-hydrogen) atoms. The molecule has 0 spiro atoms. The van der Waals surface area contributed by atoms with Crippen LogP contribution in [0, 0.1) is 0 Å². The van der Waals surface area contributed by atoms with Gasteiger partial charge in [-0.1, -0.05) is 67.3 Å². The normalized spacial score (nSPS) is 18.5. The smallest absolute Gasteiger partial charge is 0.484 e. The van der Waals surface area contributed by atoms with Gasteiger partial charge in [0.15, 0.2) is 5.76 Å². The van der Waals surface area contributed by atoms with Crippen LogP contribution in [0.3, 0.4) is 0 Å². The van der Waals surface area contributed by atoms with Crippen LogP contribution in [0.2, 0.25) is 0 Å². The van der Waals surface area contributed by atoms with Crippen LogP contribution in [0.4, 0.5) is 0 Å². The molecular weight excluding hydrogens is 457 g/mol. The lowest BCUT2D eigenvalue weighted by molar-refractivity contribution is 0.00578. The van der Waals surface area contributed by atoms with Gasteiger partial charge in [0.25, 0.3) is 0 Å². The number of rotatable bonds is 9. The quantitative estimate of drug-likeness (QED) is 0.242. The SMILES string of the molecule is CCC(=C(C1=C=C=C(OCCN(C)C)C=C1)c1ccc(B2OC(C)(C)C(C)(C)O2)cc1)c1ccccc1. The maximum Gasteiger partial charge on any atom is 0.494 e. The lowest BCUT2D eigenvalue weighted by atomic mass is 9.78. The molecule has 5 heteroatoms. The highest BCUT2D eigenvalue weighted by molar-refractivity contribution is 6.62. The Bertz CT molecular complexity index is 1260. The molecule has 2 aromatic rings.